The van der Waals surface area contributed by atoms with E-state index in [0.717, 1.165) is 12.3 Å². The quantitative estimate of drug-likeness (QED) is 0.564. The van der Waals surface area contributed by atoms with E-state index in [1.54, 1.807) is 0 Å². The summed E-state index contributed by atoms with van der Waals surface area (Å²) in [4.78, 5) is 0. The molecule has 0 bridgehead atoms. The van der Waals surface area contributed by atoms with Gasteiger partial charge >= 0.3 is 0 Å². The molecule has 0 aromatic rings. The van der Waals surface area contributed by atoms with Crippen LogP contribution in [0.5, 0.6) is 0 Å². The molecule has 0 spiro atoms. The molecule has 1 atom stereocenters. The SMILES string of the molecule is CC(C)=CCC(C)C.CC(C)CC(C#N)C(C)C. The van der Waals surface area contributed by atoms with Gasteiger partial charge in [-0.25, -0.2) is 0 Å². The molecule has 0 aliphatic carbocycles. The zero-order valence-corrected chi connectivity index (χ0v) is 13.7. The van der Waals surface area contributed by atoms with Crippen LogP contribution in [0.25, 0.3) is 0 Å². The van der Waals surface area contributed by atoms with Crippen LogP contribution in [0, 0.1) is 35.0 Å². The Bertz CT molecular complexity index is 249. The van der Waals surface area contributed by atoms with Crippen molar-refractivity contribution in [1.82, 2.24) is 0 Å². The smallest absolute Gasteiger partial charge is 0.0658 e. The molecule has 0 radical (unpaired) electrons. The van der Waals surface area contributed by atoms with Crippen molar-refractivity contribution in [3.63, 3.8) is 0 Å². The Morgan fingerprint density at radius 1 is 1.00 bits per heavy atom. The Kier molecular flexibility index (Phi) is 12.3. The van der Waals surface area contributed by atoms with Gasteiger partial charge in [0.1, 0.15) is 0 Å². The van der Waals surface area contributed by atoms with Gasteiger partial charge in [-0.3, -0.25) is 0 Å². The summed E-state index contributed by atoms with van der Waals surface area (Å²) in [5, 5.41) is 8.70. The van der Waals surface area contributed by atoms with E-state index < -0.39 is 0 Å². The van der Waals surface area contributed by atoms with Crippen LogP contribution in [0.1, 0.15) is 68.2 Å². The lowest BCUT2D eigenvalue weighted by atomic mass is 9.89. The summed E-state index contributed by atoms with van der Waals surface area (Å²) in [7, 11) is 0. The van der Waals surface area contributed by atoms with Crippen molar-refractivity contribution in [1.29, 1.82) is 5.26 Å². The fourth-order valence-corrected chi connectivity index (χ4v) is 1.45. The topological polar surface area (TPSA) is 23.8 Å². The minimum atomic E-state index is 0.250. The van der Waals surface area contributed by atoms with Gasteiger partial charge in [0, 0.05) is 5.92 Å². The summed E-state index contributed by atoms with van der Waals surface area (Å²) in [5.41, 5.74) is 1.43. The molecule has 0 N–H and O–H groups in total. The molecule has 106 valence electrons. The number of hydrogen-bond donors (Lipinski definition) is 0. The van der Waals surface area contributed by atoms with Gasteiger partial charge in [-0.05, 0) is 44.4 Å². The third kappa shape index (κ3) is 15.2. The second kappa shape index (κ2) is 11.3. The second-order valence-corrected chi connectivity index (χ2v) is 6.52. The lowest BCUT2D eigenvalue weighted by Gasteiger charge is -2.14. The van der Waals surface area contributed by atoms with E-state index in [2.05, 4.69) is 67.5 Å². The lowest BCUT2D eigenvalue weighted by Crippen LogP contribution is -2.08. The maximum Gasteiger partial charge on any atom is 0.0658 e. The normalized spacial score (nSPS) is 11.9. The first-order valence-electron chi connectivity index (χ1n) is 7.23. The molecule has 1 unspecified atom stereocenters. The van der Waals surface area contributed by atoms with Gasteiger partial charge in [0.25, 0.3) is 0 Å². The van der Waals surface area contributed by atoms with E-state index in [1.165, 1.54) is 12.0 Å². The third-order valence-electron chi connectivity index (χ3n) is 2.69. The van der Waals surface area contributed by atoms with E-state index >= 15 is 0 Å². The van der Waals surface area contributed by atoms with Crippen molar-refractivity contribution in [2.24, 2.45) is 23.7 Å². The monoisotopic (exact) mass is 251 g/mol. The van der Waals surface area contributed by atoms with Crippen LogP contribution in [0.15, 0.2) is 11.6 Å². The number of rotatable bonds is 5. The van der Waals surface area contributed by atoms with Crippen LogP contribution in [-0.2, 0) is 0 Å². The van der Waals surface area contributed by atoms with Crippen LogP contribution in [-0.4, -0.2) is 0 Å². The zero-order chi connectivity index (χ0) is 14.7. The van der Waals surface area contributed by atoms with Crippen molar-refractivity contribution in [3.8, 4) is 6.07 Å². The standard InChI is InChI=1S/C9H17N.C8H16/c1-7(2)5-9(6-10)8(3)4;1-7(2)5-6-8(3)4/h7-9H,5H2,1-4H3;5,8H,6H2,1-4H3. The van der Waals surface area contributed by atoms with Crippen molar-refractivity contribution in [2.45, 2.75) is 68.2 Å². The van der Waals surface area contributed by atoms with Gasteiger partial charge in [-0.1, -0.05) is 53.2 Å². The molecule has 1 heteroatoms. The molecule has 0 rings (SSSR count). The van der Waals surface area contributed by atoms with Crippen LogP contribution >= 0.6 is 0 Å². The molecule has 0 fully saturated rings. The van der Waals surface area contributed by atoms with E-state index in [0.29, 0.717) is 11.8 Å². The highest BCUT2D eigenvalue weighted by molar-refractivity contribution is 4.93. The number of allylic oxidation sites excluding steroid dienone is 2. The van der Waals surface area contributed by atoms with Gasteiger partial charge in [0.2, 0.25) is 0 Å². The molecular formula is C17H33N. The molecule has 18 heavy (non-hydrogen) atoms. The summed E-state index contributed by atoms with van der Waals surface area (Å²) in [6.07, 6.45) is 4.54. The van der Waals surface area contributed by atoms with E-state index in [9.17, 15) is 0 Å². The minimum Gasteiger partial charge on any atom is -0.198 e. The maximum absolute atomic E-state index is 8.70. The van der Waals surface area contributed by atoms with Crippen molar-refractivity contribution in [3.05, 3.63) is 11.6 Å². The Hall–Kier alpha value is -0.770. The Labute approximate surface area is 115 Å². The maximum atomic E-state index is 8.70. The van der Waals surface area contributed by atoms with Gasteiger partial charge in [0.15, 0.2) is 0 Å². The average Bonchev–Trinajstić information content (AvgIpc) is 2.23. The van der Waals surface area contributed by atoms with Crippen LogP contribution in [0.3, 0.4) is 0 Å². The largest absolute Gasteiger partial charge is 0.198 e. The minimum absolute atomic E-state index is 0.250. The summed E-state index contributed by atoms with van der Waals surface area (Å²) >= 11 is 0. The van der Waals surface area contributed by atoms with Crippen molar-refractivity contribution >= 4 is 0 Å². The van der Waals surface area contributed by atoms with E-state index in [4.69, 9.17) is 5.26 Å². The molecule has 0 aliphatic rings. The van der Waals surface area contributed by atoms with Gasteiger partial charge < -0.3 is 0 Å². The second-order valence-electron chi connectivity index (χ2n) is 6.52. The molecule has 0 saturated carbocycles. The molecule has 0 aromatic heterocycles. The molecule has 0 heterocycles. The summed E-state index contributed by atoms with van der Waals surface area (Å²) < 4.78 is 0. The highest BCUT2D eigenvalue weighted by atomic mass is 14.3. The van der Waals surface area contributed by atoms with Gasteiger partial charge in [-0.15, -0.1) is 0 Å². The third-order valence-corrected chi connectivity index (χ3v) is 2.69. The highest BCUT2D eigenvalue weighted by Gasteiger charge is 2.13. The summed E-state index contributed by atoms with van der Waals surface area (Å²) in [5.74, 6) is 2.21. The first-order chi connectivity index (χ1) is 8.20. The van der Waals surface area contributed by atoms with Gasteiger partial charge in [-0.2, -0.15) is 5.26 Å². The first-order valence-corrected chi connectivity index (χ1v) is 7.23. The predicted molar refractivity (Wildman–Crippen MR) is 82.3 cm³/mol. The first kappa shape index (κ1) is 19.6. The molecule has 0 saturated heterocycles. The Balaban J connectivity index is 0. The Morgan fingerprint density at radius 3 is 1.61 bits per heavy atom. The van der Waals surface area contributed by atoms with Crippen LogP contribution < -0.4 is 0 Å². The van der Waals surface area contributed by atoms with Crippen LogP contribution in [0.4, 0.5) is 0 Å². The van der Waals surface area contributed by atoms with Crippen LogP contribution in [0.2, 0.25) is 0 Å². The fraction of sp³-hybridized carbons (Fsp3) is 0.824. The molecule has 0 aromatic carbocycles. The Morgan fingerprint density at radius 2 is 1.50 bits per heavy atom. The highest BCUT2D eigenvalue weighted by Crippen LogP contribution is 2.18. The molecule has 0 amide bonds. The van der Waals surface area contributed by atoms with Crippen molar-refractivity contribution in [2.75, 3.05) is 0 Å². The van der Waals surface area contributed by atoms with Crippen molar-refractivity contribution < 1.29 is 0 Å². The zero-order valence-electron chi connectivity index (χ0n) is 13.7. The number of nitriles is 1. The predicted octanol–water partition coefficient (Wildman–Crippen LogP) is 5.83. The molecule has 0 aliphatic heterocycles. The van der Waals surface area contributed by atoms with Gasteiger partial charge in [0.05, 0.1) is 6.07 Å². The fourth-order valence-electron chi connectivity index (χ4n) is 1.45. The molecular weight excluding hydrogens is 218 g/mol. The number of hydrogen-bond acceptors (Lipinski definition) is 1. The summed E-state index contributed by atoms with van der Waals surface area (Å²) in [6.45, 7) is 17.3. The number of nitrogens with zero attached hydrogens (tertiary/aromatic N) is 1. The van der Waals surface area contributed by atoms with E-state index in [1.807, 2.05) is 0 Å². The lowest BCUT2D eigenvalue weighted by molar-refractivity contribution is 0.389. The van der Waals surface area contributed by atoms with E-state index in [-0.39, 0.29) is 5.92 Å². The average molecular weight is 251 g/mol. The molecule has 1 nitrogen and oxygen atoms in total. The summed E-state index contributed by atoms with van der Waals surface area (Å²) in [6, 6.07) is 2.33.